The van der Waals surface area contributed by atoms with Gasteiger partial charge < -0.3 is 9.05 Å². The third-order valence-electron chi connectivity index (χ3n) is 2.82. The van der Waals surface area contributed by atoms with E-state index in [1.807, 2.05) is 67.6 Å². The SMILES string of the molecule is CCOP(=O)(Cc1ccccc1)OCc1ccccc1. The predicted octanol–water partition coefficient (Wildman–Crippen LogP) is 4.63. The van der Waals surface area contributed by atoms with Gasteiger partial charge in [-0.15, -0.1) is 0 Å². The zero-order chi connectivity index (χ0) is 14.3. The van der Waals surface area contributed by atoms with Crippen LogP contribution in [0.5, 0.6) is 0 Å². The monoisotopic (exact) mass is 290 g/mol. The zero-order valence-electron chi connectivity index (χ0n) is 11.6. The van der Waals surface area contributed by atoms with Gasteiger partial charge >= 0.3 is 7.60 Å². The van der Waals surface area contributed by atoms with E-state index in [1.54, 1.807) is 0 Å². The first-order chi connectivity index (χ1) is 9.72. The van der Waals surface area contributed by atoms with E-state index in [4.69, 9.17) is 9.05 Å². The highest BCUT2D eigenvalue weighted by Gasteiger charge is 2.24. The van der Waals surface area contributed by atoms with Crippen LogP contribution in [0.4, 0.5) is 0 Å². The summed E-state index contributed by atoms with van der Waals surface area (Å²) in [6.07, 6.45) is 0.300. The van der Waals surface area contributed by atoms with Gasteiger partial charge in [0.15, 0.2) is 0 Å². The second kappa shape index (κ2) is 7.39. The maximum absolute atomic E-state index is 12.7. The van der Waals surface area contributed by atoms with Crippen LogP contribution < -0.4 is 0 Å². The standard InChI is InChI=1S/C16H19O3P/c1-2-18-20(17,14-16-11-7-4-8-12-16)19-13-15-9-5-3-6-10-15/h3-12H,2,13-14H2,1H3. The summed E-state index contributed by atoms with van der Waals surface area (Å²) in [6, 6.07) is 19.3. The van der Waals surface area contributed by atoms with Gasteiger partial charge in [-0.1, -0.05) is 60.7 Å². The van der Waals surface area contributed by atoms with E-state index in [9.17, 15) is 4.57 Å². The third kappa shape index (κ3) is 4.61. The van der Waals surface area contributed by atoms with Crippen molar-refractivity contribution >= 4 is 7.60 Å². The molecule has 0 aromatic heterocycles. The zero-order valence-corrected chi connectivity index (χ0v) is 12.5. The topological polar surface area (TPSA) is 35.5 Å². The Hall–Kier alpha value is -1.41. The minimum atomic E-state index is -3.11. The van der Waals surface area contributed by atoms with Crippen LogP contribution in [0.15, 0.2) is 60.7 Å². The molecule has 2 aromatic rings. The lowest BCUT2D eigenvalue weighted by Gasteiger charge is -2.18. The van der Waals surface area contributed by atoms with Crippen molar-refractivity contribution in [3.05, 3.63) is 71.8 Å². The minimum absolute atomic E-state index is 0.297. The summed E-state index contributed by atoms with van der Waals surface area (Å²) in [4.78, 5) is 0. The minimum Gasteiger partial charge on any atom is -0.309 e. The lowest BCUT2D eigenvalue weighted by Crippen LogP contribution is -1.99. The van der Waals surface area contributed by atoms with Crippen molar-refractivity contribution in [3.63, 3.8) is 0 Å². The molecule has 0 fully saturated rings. The van der Waals surface area contributed by atoms with Crippen molar-refractivity contribution in [2.75, 3.05) is 6.61 Å². The van der Waals surface area contributed by atoms with Crippen molar-refractivity contribution in [2.45, 2.75) is 19.7 Å². The summed E-state index contributed by atoms with van der Waals surface area (Å²) in [5.41, 5.74) is 1.94. The molecule has 106 valence electrons. The Balaban J connectivity index is 2.03. The molecule has 0 radical (unpaired) electrons. The molecule has 20 heavy (non-hydrogen) atoms. The molecule has 0 saturated heterocycles. The van der Waals surface area contributed by atoms with Crippen LogP contribution in [0, 0.1) is 0 Å². The number of rotatable bonds is 7. The van der Waals surface area contributed by atoms with Crippen LogP contribution >= 0.6 is 7.60 Å². The van der Waals surface area contributed by atoms with Crippen LogP contribution in [0.1, 0.15) is 18.1 Å². The molecule has 4 heteroatoms. The second-order valence-corrected chi connectivity index (χ2v) is 6.49. The van der Waals surface area contributed by atoms with E-state index in [2.05, 4.69) is 0 Å². The Morgan fingerprint density at radius 2 is 1.40 bits per heavy atom. The first-order valence-electron chi connectivity index (χ1n) is 6.68. The molecule has 3 nitrogen and oxygen atoms in total. The van der Waals surface area contributed by atoms with Crippen LogP contribution in [0.2, 0.25) is 0 Å². The van der Waals surface area contributed by atoms with Crippen LogP contribution in [0.3, 0.4) is 0 Å². The van der Waals surface area contributed by atoms with Gasteiger partial charge in [0.2, 0.25) is 0 Å². The van der Waals surface area contributed by atoms with Gasteiger partial charge in [-0.25, -0.2) is 0 Å². The van der Waals surface area contributed by atoms with E-state index in [-0.39, 0.29) is 0 Å². The fraction of sp³-hybridized carbons (Fsp3) is 0.250. The van der Waals surface area contributed by atoms with Crippen LogP contribution in [0.25, 0.3) is 0 Å². The number of hydrogen-bond acceptors (Lipinski definition) is 3. The lowest BCUT2D eigenvalue weighted by molar-refractivity contribution is 0.203. The summed E-state index contributed by atoms with van der Waals surface area (Å²) in [5.74, 6) is 0. The van der Waals surface area contributed by atoms with Gasteiger partial charge in [-0.2, -0.15) is 0 Å². The van der Waals surface area contributed by atoms with Crippen molar-refractivity contribution in [3.8, 4) is 0 Å². The normalized spacial score (nSPS) is 13.8. The van der Waals surface area contributed by atoms with Crippen LogP contribution in [-0.4, -0.2) is 6.61 Å². The quantitative estimate of drug-likeness (QED) is 0.697. The molecule has 0 amide bonds. The van der Waals surface area contributed by atoms with Crippen molar-refractivity contribution in [2.24, 2.45) is 0 Å². The molecule has 2 aromatic carbocycles. The first-order valence-corrected chi connectivity index (χ1v) is 8.40. The molecule has 0 N–H and O–H groups in total. The van der Waals surface area contributed by atoms with E-state index in [0.717, 1.165) is 11.1 Å². The largest absolute Gasteiger partial charge is 0.335 e. The smallest absolute Gasteiger partial charge is 0.309 e. The summed E-state index contributed by atoms with van der Waals surface area (Å²) >= 11 is 0. The van der Waals surface area contributed by atoms with Gasteiger partial charge in [-0.05, 0) is 18.1 Å². The highest BCUT2D eigenvalue weighted by molar-refractivity contribution is 7.53. The third-order valence-corrected chi connectivity index (χ3v) is 4.74. The van der Waals surface area contributed by atoms with Gasteiger partial charge in [0.1, 0.15) is 0 Å². The summed E-state index contributed by atoms with van der Waals surface area (Å²) < 4.78 is 23.7. The molecule has 0 aliphatic heterocycles. The lowest BCUT2D eigenvalue weighted by atomic mass is 10.2. The first kappa shape index (κ1) is 15.0. The Labute approximate surface area is 120 Å². The highest BCUT2D eigenvalue weighted by atomic mass is 31.2. The number of benzene rings is 2. The summed E-state index contributed by atoms with van der Waals surface area (Å²) in [7, 11) is -3.11. The highest BCUT2D eigenvalue weighted by Crippen LogP contribution is 2.51. The van der Waals surface area contributed by atoms with Crippen LogP contribution in [-0.2, 0) is 26.4 Å². The van der Waals surface area contributed by atoms with Gasteiger partial charge in [0.25, 0.3) is 0 Å². The molecule has 2 rings (SSSR count). The van der Waals surface area contributed by atoms with E-state index in [0.29, 0.717) is 19.4 Å². The average molecular weight is 290 g/mol. The molecule has 0 heterocycles. The summed E-state index contributed by atoms with van der Waals surface area (Å²) in [5, 5.41) is 0. The Kier molecular flexibility index (Phi) is 5.54. The Morgan fingerprint density at radius 3 is 1.95 bits per heavy atom. The van der Waals surface area contributed by atoms with Crippen molar-refractivity contribution in [1.29, 1.82) is 0 Å². The molecule has 0 bridgehead atoms. The van der Waals surface area contributed by atoms with Gasteiger partial charge in [0, 0.05) is 0 Å². The second-order valence-electron chi connectivity index (χ2n) is 4.43. The van der Waals surface area contributed by atoms with Crippen molar-refractivity contribution in [1.82, 2.24) is 0 Å². The average Bonchev–Trinajstić information content (AvgIpc) is 2.48. The molecule has 1 atom stereocenters. The molecule has 0 aliphatic rings. The molecule has 1 unspecified atom stereocenters. The maximum Gasteiger partial charge on any atom is 0.335 e. The van der Waals surface area contributed by atoms with Gasteiger partial charge in [0.05, 0.1) is 19.4 Å². The van der Waals surface area contributed by atoms with Crippen molar-refractivity contribution < 1.29 is 13.6 Å². The van der Waals surface area contributed by atoms with E-state index < -0.39 is 7.60 Å². The fourth-order valence-corrected chi connectivity index (χ4v) is 3.53. The predicted molar refractivity (Wildman–Crippen MR) is 80.6 cm³/mol. The number of hydrogen-bond donors (Lipinski definition) is 0. The maximum atomic E-state index is 12.7. The molecule has 0 aliphatic carbocycles. The van der Waals surface area contributed by atoms with E-state index in [1.165, 1.54) is 0 Å². The molecular formula is C16H19O3P. The molecular weight excluding hydrogens is 271 g/mol. The van der Waals surface area contributed by atoms with E-state index >= 15 is 0 Å². The fourth-order valence-electron chi connectivity index (χ4n) is 1.88. The van der Waals surface area contributed by atoms with Gasteiger partial charge in [-0.3, -0.25) is 4.57 Å². The Bertz CT molecular complexity index is 554. The summed E-state index contributed by atoms with van der Waals surface area (Å²) in [6.45, 7) is 2.49. The molecule has 0 saturated carbocycles. The molecule has 0 spiro atoms. The Morgan fingerprint density at radius 1 is 0.850 bits per heavy atom.